The molecule has 0 bridgehead atoms. The Bertz CT molecular complexity index is 744. The number of hydrogen-bond acceptors (Lipinski definition) is 5. The third kappa shape index (κ3) is 6.22. The van der Waals surface area contributed by atoms with E-state index in [-0.39, 0.29) is 5.97 Å². The van der Waals surface area contributed by atoms with Crippen LogP contribution in [0.3, 0.4) is 0 Å². The average molecular weight is 365 g/mol. The van der Waals surface area contributed by atoms with Crippen LogP contribution in [-0.2, 0) is 16.1 Å². The van der Waals surface area contributed by atoms with Crippen molar-refractivity contribution in [3.8, 4) is 0 Å². The van der Waals surface area contributed by atoms with E-state index in [0.29, 0.717) is 12.6 Å². The standard InChI is InChI=1S/C22H27N3O2/c1-2-27-22(26)13-11-18-10-12-21(23-15-18)24-20-9-6-14-25(17-20)16-19-7-4-3-5-8-19/h3-5,7-8,10-13,15,20H,2,6,9,14,16-17H2,1H3,(H,23,24)/b13-11+/t20-/m1/s1. The van der Waals surface area contributed by atoms with Gasteiger partial charge in [0.05, 0.1) is 6.61 Å². The van der Waals surface area contributed by atoms with Gasteiger partial charge in [-0.2, -0.15) is 0 Å². The first kappa shape index (κ1) is 19.1. The molecule has 1 aromatic carbocycles. The van der Waals surface area contributed by atoms with E-state index in [0.717, 1.165) is 37.4 Å². The number of esters is 1. The van der Waals surface area contributed by atoms with Gasteiger partial charge in [-0.05, 0) is 55.6 Å². The van der Waals surface area contributed by atoms with Crippen molar-refractivity contribution in [1.82, 2.24) is 9.88 Å². The molecule has 1 saturated heterocycles. The highest BCUT2D eigenvalue weighted by Crippen LogP contribution is 2.17. The first-order valence-corrected chi connectivity index (χ1v) is 9.56. The number of hydrogen-bond donors (Lipinski definition) is 1. The zero-order chi connectivity index (χ0) is 18.9. The molecule has 0 saturated carbocycles. The topological polar surface area (TPSA) is 54.5 Å². The Balaban J connectivity index is 1.51. The average Bonchev–Trinajstić information content (AvgIpc) is 2.69. The minimum atomic E-state index is -0.333. The Morgan fingerprint density at radius 1 is 1.30 bits per heavy atom. The van der Waals surface area contributed by atoms with Crippen molar-refractivity contribution in [2.75, 3.05) is 25.0 Å². The van der Waals surface area contributed by atoms with E-state index in [9.17, 15) is 4.79 Å². The van der Waals surface area contributed by atoms with E-state index in [1.54, 1.807) is 19.2 Å². The zero-order valence-corrected chi connectivity index (χ0v) is 15.8. The highest BCUT2D eigenvalue weighted by molar-refractivity contribution is 5.86. The Morgan fingerprint density at radius 3 is 2.89 bits per heavy atom. The Morgan fingerprint density at radius 2 is 2.15 bits per heavy atom. The normalized spacial score (nSPS) is 17.7. The van der Waals surface area contributed by atoms with Gasteiger partial charge in [0.25, 0.3) is 0 Å². The first-order valence-electron chi connectivity index (χ1n) is 9.56. The minimum Gasteiger partial charge on any atom is -0.463 e. The Labute approximate surface area is 161 Å². The smallest absolute Gasteiger partial charge is 0.330 e. The molecule has 1 aliphatic heterocycles. The second kappa shape index (κ2) is 9.88. The molecule has 0 aliphatic carbocycles. The van der Waals surface area contributed by atoms with Crippen LogP contribution in [0, 0.1) is 0 Å². The first-order chi connectivity index (χ1) is 13.2. The lowest BCUT2D eigenvalue weighted by molar-refractivity contribution is -0.137. The lowest BCUT2D eigenvalue weighted by Gasteiger charge is -2.33. The summed E-state index contributed by atoms with van der Waals surface area (Å²) in [6, 6.07) is 14.9. The van der Waals surface area contributed by atoms with Crippen molar-refractivity contribution in [2.24, 2.45) is 0 Å². The molecule has 0 spiro atoms. The van der Waals surface area contributed by atoms with Crippen molar-refractivity contribution in [1.29, 1.82) is 0 Å². The second-order valence-electron chi connectivity index (χ2n) is 6.77. The summed E-state index contributed by atoms with van der Waals surface area (Å²) < 4.78 is 4.88. The number of benzene rings is 1. The van der Waals surface area contributed by atoms with Crippen LogP contribution >= 0.6 is 0 Å². The maximum absolute atomic E-state index is 11.4. The molecule has 0 unspecified atom stereocenters. The van der Waals surface area contributed by atoms with Gasteiger partial charge in [-0.25, -0.2) is 9.78 Å². The molecule has 1 aliphatic rings. The van der Waals surface area contributed by atoms with Gasteiger partial charge in [-0.1, -0.05) is 30.3 Å². The number of piperidine rings is 1. The lowest BCUT2D eigenvalue weighted by atomic mass is 10.0. The van der Waals surface area contributed by atoms with Crippen molar-refractivity contribution in [3.63, 3.8) is 0 Å². The van der Waals surface area contributed by atoms with E-state index >= 15 is 0 Å². The van der Waals surface area contributed by atoms with Gasteiger partial charge in [-0.15, -0.1) is 0 Å². The second-order valence-corrected chi connectivity index (χ2v) is 6.77. The monoisotopic (exact) mass is 365 g/mol. The van der Waals surface area contributed by atoms with Gasteiger partial charge < -0.3 is 10.1 Å². The van der Waals surface area contributed by atoms with Gasteiger partial charge >= 0.3 is 5.97 Å². The van der Waals surface area contributed by atoms with Crippen LogP contribution in [0.25, 0.3) is 6.08 Å². The van der Waals surface area contributed by atoms with Crippen LogP contribution in [0.2, 0.25) is 0 Å². The maximum atomic E-state index is 11.4. The van der Waals surface area contributed by atoms with Crippen molar-refractivity contribution < 1.29 is 9.53 Å². The number of carbonyl (C=O) groups is 1. The number of rotatable bonds is 7. The van der Waals surface area contributed by atoms with Gasteiger partial charge in [0.1, 0.15) is 5.82 Å². The van der Waals surface area contributed by atoms with Gasteiger partial charge in [0.15, 0.2) is 0 Å². The number of likely N-dealkylation sites (tertiary alicyclic amines) is 1. The van der Waals surface area contributed by atoms with Crippen molar-refractivity contribution >= 4 is 17.9 Å². The van der Waals surface area contributed by atoms with Crippen LogP contribution in [0.4, 0.5) is 5.82 Å². The third-order valence-electron chi connectivity index (χ3n) is 4.59. The highest BCUT2D eigenvalue weighted by atomic mass is 16.5. The van der Waals surface area contributed by atoms with Crippen LogP contribution in [0.1, 0.15) is 30.9 Å². The van der Waals surface area contributed by atoms with Crippen LogP contribution in [-0.4, -0.2) is 41.6 Å². The van der Waals surface area contributed by atoms with Crippen LogP contribution < -0.4 is 5.32 Å². The molecule has 0 radical (unpaired) electrons. The molecule has 1 aromatic heterocycles. The summed E-state index contributed by atoms with van der Waals surface area (Å²) in [5, 5.41) is 3.54. The molecule has 3 rings (SSSR count). The molecule has 0 amide bonds. The van der Waals surface area contributed by atoms with Crippen molar-refractivity contribution in [3.05, 3.63) is 65.9 Å². The van der Waals surface area contributed by atoms with Gasteiger partial charge in [0, 0.05) is 31.4 Å². The summed E-state index contributed by atoms with van der Waals surface area (Å²) in [6.07, 6.45) is 7.25. The van der Waals surface area contributed by atoms with Crippen LogP contribution in [0.15, 0.2) is 54.7 Å². The molecular formula is C22H27N3O2. The number of ether oxygens (including phenoxy) is 1. The van der Waals surface area contributed by atoms with Gasteiger partial charge in [0.2, 0.25) is 0 Å². The maximum Gasteiger partial charge on any atom is 0.330 e. The molecule has 142 valence electrons. The van der Waals surface area contributed by atoms with Crippen LogP contribution in [0.5, 0.6) is 0 Å². The van der Waals surface area contributed by atoms with E-state index in [4.69, 9.17) is 4.74 Å². The predicted octanol–water partition coefficient (Wildman–Crippen LogP) is 3.73. The zero-order valence-electron chi connectivity index (χ0n) is 15.8. The number of anilines is 1. The molecule has 1 fully saturated rings. The number of pyridine rings is 1. The number of nitrogens with zero attached hydrogens (tertiary/aromatic N) is 2. The number of aromatic nitrogens is 1. The minimum absolute atomic E-state index is 0.333. The lowest BCUT2D eigenvalue weighted by Crippen LogP contribution is -2.41. The molecule has 1 N–H and O–H groups in total. The molecule has 5 nitrogen and oxygen atoms in total. The summed E-state index contributed by atoms with van der Waals surface area (Å²) >= 11 is 0. The third-order valence-corrected chi connectivity index (χ3v) is 4.59. The quantitative estimate of drug-likeness (QED) is 0.598. The fourth-order valence-corrected chi connectivity index (χ4v) is 3.31. The molecular weight excluding hydrogens is 338 g/mol. The summed E-state index contributed by atoms with van der Waals surface area (Å²) in [5.41, 5.74) is 2.23. The highest BCUT2D eigenvalue weighted by Gasteiger charge is 2.20. The summed E-state index contributed by atoms with van der Waals surface area (Å²) in [5.74, 6) is 0.537. The van der Waals surface area contributed by atoms with E-state index in [1.165, 1.54) is 18.1 Å². The fraction of sp³-hybridized carbons (Fsp3) is 0.364. The van der Waals surface area contributed by atoms with E-state index in [1.807, 2.05) is 12.1 Å². The summed E-state index contributed by atoms with van der Waals surface area (Å²) in [6.45, 7) is 5.32. The number of nitrogens with one attached hydrogen (secondary N) is 1. The number of carbonyl (C=O) groups excluding carboxylic acids is 1. The summed E-state index contributed by atoms with van der Waals surface area (Å²) in [7, 11) is 0. The molecule has 2 heterocycles. The van der Waals surface area contributed by atoms with E-state index < -0.39 is 0 Å². The molecule has 2 aromatic rings. The Hall–Kier alpha value is -2.66. The SMILES string of the molecule is CCOC(=O)/C=C/c1ccc(N[C@@H]2CCCN(Cc3ccccc3)C2)nc1. The molecule has 5 heteroatoms. The summed E-state index contributed by atoms with van der Waals surface area (Å²) in [4.78, 5) is 18.3. The predicted molar refractivity (Wildman–Crippen MR) is 108 cm³/mol. The van der Waals surface area contributed by atoms with Crippen molar-refractivity contribution in [2.45, 2.75) is 32.4 Å². The van der Waals surface area contributed by atoms with E-state index in [2.05, 4.69) is 45.5 Å². The largest absolute Gasteiger partial charge is 0.463 e. The fourth-order valence-electron chi connectivity index (χ4n) is 3.31. The molecule has 27 heavy (non-hydrogen) atoms. The molecule has 1 atom stereocenters. The van der Waals surface area contributed by atoms with Gasteiger partial charge in [-0.3, -0.25) is 4.90 Å². The Kier molecular flexibility index (Phi) is 6.99.